The van der Waals surface area contributed by atoms with E-state index >= 15 is 0 Å². The van der Waals surface area contributed by atoms with Gasteiger partial charge < -0.3 is 5.32 Å². The first-order valence-corrected chi connectivity index (χ1v) is 12.0. The van der Waals surface area contributed by atoms with Crippen molar-refractivity contribution in [1.29, 1.82) is 0 Å². The minimum absolute atomic E-state index is 0.323. The summed E-state index contributed by atoms with van der Waals surface area (Å²) in [6.07, 6.45) is 1.09. The number of amides is 1. The average molecular weight is 487 g/mol. The molecule has 30 heavy (non-hydrogen) atoms. The van der Waals surface area contributed by atoms with Gasteiger partial charge in [0.25, 0.3) is 0 Å². The number of nitrogens with one attached hydrogen (secondary N) is 1. The van der Waals surface area contributed by atoms with Crippen LogP contribution in [0.25, 0.3) is 0 Å². The Kier molecular flexibility index (Phi) is 6.95. The highest BCUT2D eigenvalue weighted by Crippen LogP contribution is 2.28. The van der Waals surface area contributed by atoms with E-state index in [0.29, 0.717) is 10.2 Å². The van der Waals surface area contributed by atoms with E-state index in [4.69, 9.17) is 0 Å². The van der Waals surface area contributed by atoms with Crippen LogP contribution in [0.3, 0.4) is 0 Å². The van der Waals surface area contributed by atoms with Crippen molar-refractivity contribution in [3.05, 3.63) is 100 Å². The first kappa shape index (κ1) is 22.1. The average Bonchev–Trinajstić information content (AvgIpc) is 2.71. The molecule has 0 heterocycles. The first-order valence-electron chi connectivity index (χ1n) is 9.39. The second-order valence-electron chi connectivity index (χ2n) is 7.04. The molecule has 3 rings (SSSR count). The molecular weight excluding hydrogens is 464 g/mol. The molecule has 3 aromatic carbocycles. The van der Waals surface area contributed by atoms with Crippen molar-refractivity contribution in [3.8, 4) is 0 Å². The highest BCUT2D eigenvalue weighted by Gasteiger charge is 2.25. The summed E-state index contributed by atoms with van der Waals surface area (Å²) in [5.74, 6) is -0.398. The zero-order valence-electron chi connectivity index (χ0n) is 16.7. The van der Waals surface area contributed by atoms with Crippen molar-refractivity contribution < 1.29 is 13.2 Å². The lowest BCUT2D eigenvalue weighted by molar-refractivity contribution is -0.120. The molecule has 0 saturated carbocycles. The monoisotopic (exact) mass is 486 g/mol. The summed E-state index contributed by atoms with van der Waals surface area (Å²) in [6, 6.07) is 24.0. The molecule has 1 atom stereocenters. The molecule has 0 aliphatic heterocycles. The summed E-state index contributed by atoms with van der Waals surface area (Å²) in [7, 11) is -3.66. The lowest BCUT2D eigenvalue weighted by Gasteiger charge is -2.25. The maximum atomic E-state index is 13.0. The van der Waals surface area contributed by atoms with Crippen molar-refractivity contribution in [2.45, 2.75) is 13.0 Å². The summed E-state index contributed by atoms with van der Waals surface area (Å²) < 4.78 is 26.5. The van der Waals surface area contributed by atoms with Crippen LogP contribution in [0.4, 0.5) is 5.69 Å². The van der Waals surface area contributed by atoms with Crippen molar-refractivity contribution in [2.75, 3.05) is 17.1 Å². The maximum Gasteiger partial charge on any atom is 0.241 e. The Bertz CT molecular complexity index is 1120. The minimum atomic E-state index is -3.66. The maximum absolute atomic E-state index is 13.0. The van der Waals surface area contributed by atoms with Crippen LogP contribution in [0.5, 0.6) is 0 Å². The van der Waals surface area contributed by atoms with Gasteiger partial charge in [-0.15, -0.1) is 0 Å². The summed E-state index contributed by atoms with van der Waals surface area (Å²) in [5.41, 5.74) is 3.38. The fourth-order valence-electron chi connectivity index (χ4n) is 3.14. The number of sulfonamides is 1. The van der Waals surface area contributed by atoms with Gasteiger partial charge in [-0.2, -0.15) is 0 Å². The number of carbonyl (C=O) groups is 1. The molecule has 0 spiro atoms. The normalized spacial score (nSPS) is 12.2. The fourth-order valence-corrected chi connectivity index (χ4v) is 4.62. The predicted molar refractivity (Wildman–Crippen MR) is 124 cm³/mol. The molecule has 3 aromatic rings. The van der Waals surface area contributed by atoms with Crippen LogP contribution in [-0.2, 0) is 14.8 Å². The van der Waals surface area contributed by atoms with Crippen LogP contribution in [-0.4, -0.2) is 27.1 Å². The fraction of sp³-hybridized carbons (Fsp3) is 0.174. The Morgan fingerprint density at radius 2 is 1.50 bits per heavy atom. The highest BCUT2D eigenvalue weighted by molar-refractivity contribution is 9.10. The Balaban J connectivity index is 1.89. The molecule has 0 saturated heterocycles. The van der Waals surface area contributed by atoms with Crippen molar-refractivity contribution in [3.63, 3.8) is 0 Å². The van der Waals surface area contributed by atoms with E-state index in [1.54, 1.807) is 24.3 Å². The number of aryl methyl sites for hydroxylation is 1. The lowest BCUT2D eigenvalue weighted by Crippen LogP contribution is -2.42. The van der Waals surface area contributed by atoms with Gasteiger partial charge >= 0.3 is 0 Å². The van der Waals surface area contributed by atoms with E-state index in [1.165, 1.54) is 0 Å². The second kappa shape index (κ2) is 9.45. The third-order valence-electron chi connectivity index (χ3n) is 4.66. The molecule has 0 fully saturated rings. The number of hydrogen-bond acceptors (Lipinski definition) is 3. The molecule has 156 valence electrons. The van der Waals surface area contributed by atoms with Gasteiger partial charge in [-0.3, -0.25) is 9.10 Å². The molecular formula is C23H23BrN2O3S. The summed E-state index contributed by atoms with van der Waals surface area (Å²) in [4.78, 5) is 13.0. The van der Waals surface area contributed by atoms with Gasteiger partial charge in [-0.1, -0.05) is 72.3 Å². The van der Waals surface area contributed by atoms with Crippen LogP contribution in [0.1, 0.15) is 22.7 Å². The van der Waals surface area contributed by atoms with Crippen molar-refractivity contribution >= 4 is 37.5 Å². The summed E-state index contributed by atoms with van der Waals surface area (Å²) >= 11 is 3.37. The van der Waals surface area contributed by atoms with Crippen LogP contribution in [0.2, 0.25) is 0 Å². The predicted octanol–water partition coefficient (Wildman–Crippen LogP) is 4.43. The molecule has 0 bridgehead atoms. The van der Waals surface area contributed by atoms with Gasteiger partial charge in [0.15, 0.2) is 0 Å². The third-order valence-corrected chi connectivity index (χ3v) is 6.45. The molecule has 1 amide bonds. The summed E-state index contributed by atoms with van der Waals surface area (Å²) in [5, 5.41) is 3.00. The Labute approximate surface area is 185 Å². The minimum Gasteiger partial charge on any atom is -0.344 e. The molecule has 0 aliphatic carbocycles. The number of rotatable bonds is 7. The van der Waals surface area contributed by atoms with Gasteiger partial charge in [0.05, 0.1) is 18.0 Å². The lowest BCUT2D eigenvalue weighted by atomic mass is 9.98. The zero-order chi connectivity index (χ0) is 21.7. The molecule has 7 heteroatoms. The second-order valence-corrected chi connectivity index (χ2v) is 9.80. The number of halogens is 1. The van der Waals surface area contributed by atoms with E-state index in [0.717, 1.165) is 27.3 Å². The van der Waals surface area contributed by atoms with E-state index in [9.17, 15) is 13.2 Å². The highest BCUT2D eigenvalue weighted by atomic mass is 79.9. The van der Waals surface area contributed by atoms with Crippen LogP contribution < -0.4 is 9.62 Å². The molecule has 5 nitrogen and oxygen atoms in total. The number of carbonyl (C=O) groups excluding carboxylic acids is 1. The number of nitrogens with zero attached hydrogens (tertiary/aromatic N) is 1. The summed E-state index contributed by atoms with van der Waals surface area (Å²) in [6.45, 7) is 1.68. The number of hydrogen-bond donors (Lipinski definition) is 1. The molecule has 0 aliphatic rings. The quantitative estimate of drug-likeness (QED) is 0.536. The van der Waals surface area contributed by atoms with Crippen LogP contribution in [0.15, 0.2) is 83.3 Å². The van der Waals surface area contributed by atoms with Gasteiger partial charge in [-0.25, -0.2) is 8.42 Å². The topological polar surface area (TPSA) is 66.5 Å². The molecule has 1 N–H and O–H groups in total. The first-order chi connectivity index (χ1) is 14.3. The molecule has 0 aromatic heterocycles. The number of anilines is 1. The largest absolute Gasteiger partial charge is 0.344 e. The van der Waals surface area contributed by atoms with Crippen molar-refractivity contribution in [1.82, 2.24) is 5.32 Å². The zero-order valence-corrected chi connectivity index (χ0v) is 19.2. The molecule has 0 radical (unpaired) electrons. The van der Waals surface area contributed by atoms with Crippen LogP contribution >= 0.6 is 15.9 Å². The van der Waals surface area contributed by atoms with Crippen molar-refractivity contribution in [2.24, 2.45) is 0 Å². The van der Waals surface area contributed by atoms with Gasteiger partial charge in [0.1, 0.15) is 6.54 Å². The Morgan fingerprint density at radius 1 is 0.933 bits per heavy atom. The number of benzene rings is 3. The Hall–Kier alpha value is -2.64. The van der Waals surface area contributed by atoms with Crippen LogP contribution in [0, 0.1) is 6.92 Å². The van der Waals surface area contributed by atoms with E-state index < -0.39 is 15.9 Å². The third kappa shape index (κ3) is 5.49. The van der Waals surface area contributed by atoms with Gasteiger partial charge in [-0.05, 0) is 46.1 Å². The van der Waals surface area contributed by atoms with Gasteiger partial charge in [0, 0.05) is 4.47 Å². The van der Waals surface area contributed by atoms with Gasteiger partial charge in [0.2, 0.25) is 15.9 Å². The number of para-hydroxylation sites is 1. The van der Waals surface area contributed by atoms with E-state index in [1.807, 2.05) is 61.5 Å². The molecule has 0 unspecified atom stereocenters. The Morgan fingerprint density at radius 3 is 2.10 bits per heavy atom. The van der Waals surface area contributed by atoms with E-state index in [-0.39, 0.29) is 12.6 Å². The standard InChI is InChI=1S/C23H23BrN2O3S/c1-17-12-14-19(15-13-17)23(18-8-4-3-5-9-18)25-22(27)16-26(30(2,28)29)21-11-7-6-10-20(21)24/h3-15,23H,16H2,1-2H3,(H,25,27)/t23-/m0/s1. The SMILES string of the molecule is Cc1ccc([C@@H](NC(=O)CN(c2ccccc2Br)S(C)(=O)=O)c2ccccc2)cc1. The smallest absolute Gasteiger partial charge is 0.241 e. The van der Waals surface area contributed by atoms with E-state index in [2.05, 4.69) is 21.2 Å².